The highest BCUT2D eigenvalue weighted by molar-refractivity contribution is 9.10. The van der Waals surface area contributed by atoms with Crippen LogP contribution in [0.3, 0.4) is 0 Å². The largest absolute Gasteiger partial charge is 0.446 e. The third-order valence-corrected chi connectivity index (χ3v) is 9.60. The van der Waals surface area contributed by atoms with Crippen LogP contribution in [0.4, 0.5) is 5.69 Å². The second kappa shape index (κ2) is 13.6. The summed E-state index contributed by atoms with van der Waals surface area (Å²) in [6.45, 7) is 1.43. The van der Waals surface area contributed by atoms with Crippen LogP contribution >= 0.6 is 15.9 Å². The van der Waals surface area contributed by atoms with Crippen molar-refractivity contribution in [1.82, 2.24) is 5.01 Å². The molecule has 2 heterocycles. The second-order valence-corrected chi connectivity index (χ2v) is 13.7. The molecule has 10 nitrogen and oxygen atoms in total. The van der Waals surface area contributed by atoms with Gasteiger partial charge in [0.05, 0.1) is 5.69 Å². The van der Waals surface area contributed by atoms with E-state index in [0.717, 1.165) is 15.6 Å². The maximum Gasteiger partial charge on any atom is 0.339 e. The van der Waals surface area contributed by atoms with E-state index in [-0.39, 0.29) is 34.1 Å². The Morgan fingerprint density at radius 3 is 2.10 bits per heavy atom. The Morgan fingerprint density at radius 2 is 1.46 bits per heavy atom. The molecule has 248 valence electrons. The number of amides is 2. The Balaban J connectivity index is 1.14. The number of hydrogen-bond donors (Lipinski definition) is 0. The predicted octanol–water partition coefficient (Wildman–Crippen LogP) is 7.29. The van der Waals surface area contributed by atoms with Gasteiger partial charge in [-0.25, -0.2) is 4.99 Å². The highest BCUT2D eigenvalue weighted by Gasteiger charge is 2.35. The molecular formula is C38H27BrN4O6S. The van der Waals surface area contributed by atoms with Crippen LogP contribution in [-0.4, -0.2) is 37.0 Å². The maximum absolute atomic E-state index is 13.9. The van der Waals surface area contributed by atoms with Gasteiger partial charge in [0.1, 0.15) is 22.2 Å². The average Bonchev–Trinajstić information content (AvgIpc) is 3.72. The summed E-state index contributed by atoms with van der Waals surface area (Å²) in [4.78, 5) is 32.7. The Bertz CT molecular complexity index is 2280. The fourth-order valence-electron chi connectivity index (χ4n) is 5.36. The molecule has 0 bridgehead atoms. The zero-order valence-electron chi connectivity index (χ0n) is 26.4. The highest BCUT2D eigenvalue weighted by Crippen LogP contribution is 2.33. The van der Waals surface area contributed by atoms with E-state index in [4.69, 9.17) is 13.9 Å². The minimum Gasteiger partial charge on any atom is -0.446 e. The van der Waals surface area contributed by atoms with Crippen molar-refractivity contribution in [2.45, 2.75) is 18.0 Å². The summed E-state index contributed by atoms with van der Waals surface area (Å²) in [6, 6.07) is 38.1. The fourth-order valence-corrected chi connectivity index (χ4v) is 6.57. The molecule has 1 unspecified atom stereocenters. The van der Waals surface area contributed by atoms with Gasteiger partial charge in [-0.05, 0) is 72.3 Å². The molecule has 2 amide bonds. The van der Waals surface area contributed by atoms with Crippen molar-refractivity contribution in [3.63, 3.8) is 0 Å². The number of benzene rings is 5. The molecule has 5 aromatic carbocycles. The van der Waals surface area contributed by atoms with E-state index in [0.29, 0.717) is 22.6 Å². The van der Waals surface area contributed by atoms with E-state index < -0.39 is 16.3 Å². The lowest BCUT2D eigenvalue weighted by Crippen LogP contribution is -2.32. The van der Waals surface area contributed by atoms with Gasteiger partial charge in [-0.15, -0.1) is 5.10 Å². The van der Waals surface area contributed by atoms with E-state index in [9.17, 15) is 18.0 Å². The molecule has 0 saturated heterocycles. The molecule has 12 heteroatoms. The van der Waals surface area contributed by atoms with Crippen molar-refractivity contribution in [2.75, 3.05) is 4.90 Å². The van der Waals surface area contributed by atoms with Crippen molar-refractivity contribution in [2.24, 2.45) is 10.1 Å². The molecule has 2 aliphatic heterocycles. The lowest BCUT2D eigenvalue weighted by atomic mass is 10.1. The van der Waals surface area contributed by atoms with E-state index in [2.05, 4.69) is 21.0 Å². The van der Waals surface area contributed by atoms with Crippen molar-refractivity contribution < 1.29 is 26.9 Å². The topological polar surface area (TPSA) is 118 Å². The Morgan fingerprint density at radius 1 is 0.820 bits per heavy atom. The Labute approximate surface area is 296 Å². The van der Waals surface area contributed by atoms with Crippen molar-refractivity contribution >= 4 is 61.4 Å². The van der Waals surface area contributed by atoms with E-state index >= 15 is 0 Å². The maximum atomic E-state index is 13.9. The van der Waals surface area contributed by atoms with Crippen LogP contribution in [-0.2, 0) is 24.4 Å². The molecule has 0 radical (unpaired) electrons. The summed E-state index contributed by atoms with van der Waals surface area (Å²) in [5.74, 6) is 0.227. The van der Waals surface area contributed by atoms with Crippen LogP contribution in [0.25, 0.3) is 6.08 Å². The van der Waals surface area contributed by atoms with Gasteiger partial charge in [0.25, 0.3) is 5.91 Å². The molecule has 0 spiro atoms. The first-order chi connectivity index (χ1) is 24.2. The van der Waals surface area contributed by atoms with Gasteiger partial charge in [-0.3, -0.25) is 14.5 Å². The molecule has 0 saturated carbocycles. The number of hydrogen-bond acceptors (Lipinski definition) is 8. The quantitative estimate of drug-likeness (QED) is 0.122. The van der Waals surface area contributed by atoms with Gasteiger partial charge >= 0.3 is 10.1 Å². The third kappa shape index (κ3) is 6.71. The van der Waals surface area contributed by atoms with Gasteiger partial charge in [0.15, 0.2) is 0 Å². The van der Waals surface area contributed by atoms with Crippen LogP contribution in [0.2, 0.25) is 0 Å². The van der Waals surface area contributed by atoms with Gasteiger partial charge < -0.3 is 8.92 Å². The molecule has 0 aliphatic carbocycles. The number of hydrazone groups is 1. The number of rotatable bonds is 8. The number of amidine groups is 1. The molecule has 0 fully saturated rings. The summed E-state index contributed by atoms with van der Waals surface area (Å²) in [5, 5.41) is 5.75. The van der Waals surface area contributed by atoms with E-state index in [1.165, 1.54) is 41.1 Å². The van der Waals surface area contributed by atoms with Gasteiger partial charge in [-0.2, -0.15) is 13.4 Å². The van der Waals surface area contributed by atoms with Crippen LogP contribution in [0.5, 0.6) is 5.75 Å². The number of ether oxygens (including phenoxy) is 1. The summed E-state index contributed by atoms with van der Waals surface area (Å²) in [5.41, 5.74) is 3.50. The number of carbonyl (C=O) groups is 2. The van der Waals surface area contributed by atoms with E-state index in [1.54, 1.807) is 60.7 Å². The monoisotopic (exact) mass is 746 g/mol. The van der Waals surface area contributed by atoms with Crippen LogP contribution < -0.4 is 9.08 Å². The summed E-state index contributed by atoms with van der Waals surface area (Å²) in [7, 11) is -4.00. The van der Waals surface area contributed by atoms with Gasteiger partial charge in [0.2, 0.25) is 18.0 Å². The molecule has 50 heavy (non-hydrogen) atoms. The van der Waals surface area contributed by atoms with Crippen LogP contribution in [0.15, 0.2) is 159 Å². The van der Waals surface area contributed by atoms with Crippen LogP contribution in [0.1, 0.15) is 35.4 Å². The summed E-state index contributed by atoms with van der Waals surface area (Å²) >= 11 is 3.43. The fraction of sp³-hybridized carbons (Fsp3) is 0.0526. The number of halogens is 1. The number of carbonyl (C=O) groups excluding carboxylic acids is 2. The summed E-state index contributed by atoms with van der Waals surface area (Å²) < 4.78 is 37.6. The van der Waals surface area contributed by atoms with E-state index in [1.807, 2.05) is 54.6 Å². The molecule has 2 aliphatic rings. The lowest BCUT2D eigenvalue weighted by Gasteiger charge is -2.20. The Kier molecular flexibility index (Phi) is 8.87. The predicted molar refractivity (Wildman–Crippen MR) is 193 cm³/mol. The zero-order chi connectivity index (χ0) is 34.8. The first-order valence-corrected chi connectivity index (χ1v) is 17.6. The second-order valence-electron chi connectivity index (χ2n) is 11.2. The average molecular weight is 748 g/mol. The van der Waals surface area contributed by atoms with Crippen LogP contribution in [0, 0.1) is 0 Å². The number of nitrogens with zero attached hydrogens (tertiary/aromatic N) is 4. The smallest absolute Gasteiger partial charge is 0.339 e. The lowest BCUT2D eigenvalue weighted by molar-refractivity contribution is -0.135. The SMILES string of the molecule is CC(=O)N1N=C(c2ccc(N3C(=O)/C(=C/c4ccc(OS(=O)(=O)c5ccccc5)cc4)N=C3c3ccccc3)cc2)OC1c1ccc(Br)cc1. The van der Waals surface area contributed by atoms with Crippen molar-refractivity contribution in [3.8, 4) is 5.75 Å². The Hall–Kier alpha value is -5.85. The molecule has 0 N–H and O–H groups in total. The first-order valence-electron chi connectivity index (χ1n) is 15.4. The molecule has 5 aromatic rings. The number of anilines is 1. The van der Waals surface area contributed by atoms with Gasteiger partial charge in [-0.1, -0.05) is 88.7 Å². The van der Waals surface area contributed by atoms with Gasteiger partial charge in [0, 0.05) is 28.1 Å². The van der Waals surface area contributed by atoms with Crippen molar-refractivity contribution in [3.05, 3.63) is 166 Å². The molecular weight excluding hydrogens is 720 g/mol. The normalized spacial score (nSPS) is 16.6. The highest BCUT2D eigenvalue weighted by atomic mass is 79.9. The van der Waals surface area contributed by atoms with Crippen molar-refractivity contribution in [1.29, 1.82) is 0 Å². The third-order valence-electron chi connectivity index (χ3n) is 7.81. The number of aliphatic imine (C=N–C) groups is 1. The molecule has 1 atom stereocenters. The molecule has 0 aromatic heterocycles. The first kappa shape index (κ1) is 32.7. The minimum atomic E-state index is -4.00. The zero-order valence-corrected chi connectivity index (χ0v) is 28.8. The molecule has 7 rings (SSSR count). The minimum absolute atomic E-state index is 0.0466. The standard InChI is InChI=1S/C38H27BrN4O6S/c1-25(44)43-38(29-14-18-30(39)19-15-29)48-36(41-43)28-16-20-31(21-17-28)42-35(27-8-4-2-5-9-27)40-34(37(42)45)24-26-12-22-32(23-13-26)49-50(46,47)33-10-6-3-7-11-33/h2-24,38H,1H3/b34-24-. The summed E-state index contributed by atoms with van der Waals surface area (Å²) in [6.07, 6.45) is 0.920.